The highest BCUT2D eigenvalue weighted by Gasteiger charge is 2.05. The van der Waals surface area contributed by atoms with Crippen molar-refractivity contribution < 1.29 is 4.42 Å². The Kier molecular flexibility index (Phi) is 5.81. The van der Waals surface area contributed by atoms with Crippen molar-refractivity contribution in [3.05, 3.63) is 53.2 Å². The summed E-state index contributed by atoms with van der Waals surface area (Å²) in [5.41, 5.74) is 2.73. The molecule has 20 heavy (non-hydrogen) atoms. The highest BCUT2D eigenvalue weighted by atomic mass is 16.4. The van der Waals surface area contributed by atoms with Crippen LogP contribution in [0.15, 0.2) is 34.9 Å². The molecule has 108 valence electrons. The molecule has 0 radical (unpaired) electrons. The lowest BCUT2D eigenvalue weighted by atomic mass is 10.0. The van der Waals surface area contributed by atoms with Crippen molar-refractivity contribution in [2.75, 3.05) is 13.1 Å². The average molecular weight is 272 g/mol. The Morgan fingerprint density at radius 3 is 2.80 bits per heavy atom. The zero-order valence-electron chi connectivity index (χ0n) is 12.5. The summed E-state index contributed by atoms with van der Waals surface area (Å²) in [5.74, 6) is 1.86. The van der Waals surface area contributed by atoms with Gasteiger partial charge >= 0.3 is 0 Å². The highest BCUT2D eigenvalue weighted by Crippen LogP contribution is 2.13. The molecule has 2 aromatic rings. The molecule has 0 unspecified atom stereocenters. The van der Waals surface area contributed by atoms with Gasteiger partial charge in [0, 0.05) is 12.8 Å². The van der Waals surface area contributed by atoms with E-state index in [9.17, 15) is 0 Å². The van der Waals surface area contributed by atoms with Crippen LogP contribution < -0.4 is 5.32 Å². The zero-order valence-corrected chi connectivity index (χ0v) is 12.5. The topological polar surface area (TPSA) is 38.1 Å². The van der Waals surface area contributed by atoms with E-state index in [0.29, 0.717) is 0 Å². The van der Waals surface area contributed by atoms with E-state index in [-0.39, 0.29) is 0 Å². The number of nitrogens with zero attached hydrogens (tertiary/aromatic N) is 1. The molecule has 0 fully saturated rings. The molecule has 0 saturated carbocycles. The van der Waals surface area contributed by atoms with Crippen LogP contribution in [0.4, 0.5) is 0 Å². The van der Waals surface area contributed by atoms with Crippen molar-refractivity contribution in [1.82, 2.24) is 10.3 Å². The fourth-order valence-electron chi connectivity index (χ4n) is 2.27. The van der Waals surface area contributed by atoms with Crippen LogP contribution in [0, 0.1) is 6.92 Å². The maximum atomic E-state index is 5.79. The van der Waals surface area contributed by atoms with Crippen molar-refractivity contribution in [3.63, 3.8) is 0 Å². The quantitative estimate of drug-likeness (QED) is 0.749. The summed E-state index contributed by atoms with van der Waals surface area (Å²) in [6.45, 7) is 6.32. The first-order valence-electron chi connectivity index (χ1n) is 7.48. The normalized spacial score (nSPS) is 10.9. The molecule has 1 aromatic carbocycles. The van der Waals surface area contributed by atoms with Crippen LogP contribution in [-0.4, -0.2) is 18.1 Å². The number of aromatic nitrogens is 1. The van der Waals surface area contributed by atoms with Crippen LogP contribution in [-0.2, 0) is 19.3 Å². The Hall–Kier alpha value is -1.61. The third-order valence-electron chi connectivity index (χ3n) is 3.50. The van der Waals surface area contributed by atoms with E-state index in [4.69, 9.17) is 4.42 Å². The zero-order chi connectivity index (χ0) is 14.2. The van der Waals surface area contributed by atoms with E-state index < -0.39 is 0 Å². The SMILES string of the molecule is CCNCCCc1ncc(CCc2ccccc2C)o1. The molecule has 0 amide bonds. The molecule has 0 aliphatic carbocycles. The van der Waals surface area contributed by atoms with Crippen LogP contribution in [0.1, 0.15) is 36.1 Å². The van der Waals surface area contributed by atoms with Gasteiger partial charge in [-0.25, -0.2) is 4.98 Å². The summed E-state index contributed by atoms with van der Waals surface area (Å²) >= 11 is 0. The molecule has 3 heteroatoms. The number of hydrogen-bond acceptors (Lipinski definition) is 3. The third-order valence-corrected chi connectivity index (χ3v) is 3.50. The first-order valence-corrected chi connectivity index (χ1v) is 7.48. The lowest BCUT2D eigenvalue weighted by Crippen LogP contribution is -2.14. The Labute approximate surface area is 121 Å². The summed E-state index contributed by atoms with van der Waals surface area (Å²) in [4.78, 5) is 4.35. The smallest absolute Gasteiger partial charge is 0.194 e. The minimum atomic E-state index is 0.864. The second-order valence-corrected chi connectivity index (χ2v) is 5.10. The fraction of sp³-hybridized carbons (Fsp3) is 0.471. The minimum absolute atomic E-state index is 0.864. The first kappa shape index (κ1) is 14.8. The second-order valence-electron chi connectivity index (χ2n) is 5.10. The van der Waals surface area contributed by atoms with E-state index in [1.807, 2.05) is 6.20 Å². The Bertz CT molecular complexity index is 519. The highest BCUT2D eigenvalue weighted by molar-refractivity contribution is 5.26. The van der Waals surface area contributed by atoms with Gasteiger partial charge < -0.3 is 9.73 Å². The van der Waals surface area contributed by atoms with Gasteiger partial charge in [0.1, 0.15) is 5.76 Å². The van der Waals surface area contributed by atoms with Gasteiger partial charge in [-0.2, -0.15) is 0 Å². The molecule has 0 saturated heterocycles. The third kappa shape index (κ3) is 4.49. The largest absolute Gasteiger partial charge is 0.446 e. The summed E-state index contributed by atoms with van der Waals surface area (Å²) in [6.07, 6.45) is 5.80. The number of nitrogens with one attached hydrogen (secondary N) is 1. The van der Waals surface area contributed by atoms with Gasteiger partial charge in [0.25, 0.3) is 0 Å². The predicted octanol–water partition coefficient (Wildman–Crippen LogP) is 3.31. The van der Waals surface area contributed by atoms with Gasteiger partial charge in [-0.15, -0.1) is 0 Å². The molecular formula is C17H24N2O. The van der Waals surface area contributed by atoms with Crippen molar-refractivity contribution in [2.24, 2.45) is 0 Å². The molecule has 1 heterocycles. The van der Waals surface area contributed by atoms with Crippen molar-refractivity contribution >= 4 is 0 Å². The number of benzene rings is 1. The number of aryl methyl sites for hydroxylation is 4. The van der Waals surface area contributed by atoms with E-state index in [1.165, 1.54) is 11.1 Å². The molecule has 0 bridgehead atoms. The van der Waals surface area contributed by atoms with Gasteiger partial charge in [0.2, 0.25) is 0 Å². The summed E-state index contributed by atoms with van der Waals surface area (Å²) in [6, 6.07) is 8.51. The van der Waals surface area contributed by atoms with Crippen LogP contribution in [0.25, 0.3) is 0 Å². The molecule has 3 nitrogen and oxygen atoms in total. The molecule has 1 aromatic heterocycles. The Morgan fingerprint density at radius 1 is 1.15 bits per heavy atom. The maximum absolute atomic E-state index is 5.79. The van der Waals surface area contributed by atoms with Crippen LogP contribution in [0.5, 0.6) is 0 Å². The van der Waals surface area contributed by atoms with Gasteiger partial charge in [0.15, 0.2) is 5.89 Å². The van der Waals surface area contributed by atoms with E-state index in [1.54, 1.807) is 0 Å². The Balaban J connectivity index is 1.79. The lowest BCUT2D eigenvalue weighted by molar-refractivity contribution is 0.446. The van der Waals surface area contributed by atoms with E-state index in [0.717, 1.165) is 50.4 Å². The maximum Gasteiger partial charge on any atom is 0.194 e. The molecule has 1 N–H and O–H groups in total. The molecule has 0 aliphatic heterocycles. The number of hydrogen-bond donors (Lipinski definition) is 1. The van der Waals surface area contributed by atoms with Crippen molar-refractivity contribution in [3.8, 4) is 0 Å². The van der Waals surface area contributed by atoms with Gasteiger partial charge in [-0.05, 0) is 44.0 Å². The standard InChI is InChI=1S/C17H24N2O/c1-3-18-12-6-9-17-19-13-16(20-17)11-10-15-8-5-4-7-14(15)2/h4-5,7-8,13,18H,3,6,9-12H2,1-2H3. The molecule has 0 spiro atoms. The number of oxazole rings is 1. The summed E-state index contributed by atoms with van der Waals surface area (Å²) in [7, 11) is 0. The van der Waals surface area contributed by atoms with Crippen LogP contribution in [0.2, 0.25) is 0 Å². The molecular weight excluding hydrogens is 248 g/mol. The van der Waals surface area contributed by atoms with E-state index in [2.05, 4.69) is 48.4 Å². The van der Waals surface area contributed by atoms with Gasteiger partial charge in [-0.1, -0.05) is 31.2 Å². The average Bonchev–Trinajstić information content (AvgIpc) is 2.91. The fourth-order valence-corrected chi connectivity index (χ4v) is 2.27. The predicted molar refractivity (Wildman–Crippen MR) is 82.0 cm³/mol. The summed E-state index contributed by atoms with van der Waals surface area (Å²) < 4.78 is 5.79. The van der Waals surface area contributed by atoms with E-state index >= 15 is 0 Å². The second kappa shape index (κ2) is 7.85. The molecule has 2 rings (SSSR count). The summed E-state index contributed by atoms with van der Waals surface area (Å²) in [5, 5.41) is 3.31. The monoisotopic (exact) mass is 272 g/mol. The van der Waals surface area contributed by atoms with Gasteiger partial charge in [-0.3, -0.25) is 0 Å². The minimum Gasteiger partial charge on any atom is -0.446 e. The van der Waals surface area contributed by atoms with Crippen LogP contribution >= 0.6 is 0 Å². The Morgan fingerprint density at radius 2 is 2.00 bits per heavy atom. The number of rotatable bonds is 8. The van der Waals surface area contributed by atoms with Crippen molar-refractivity contribution in [1.29, 1.82) is 0 Å². The molecule has 0 aliphatic rings. The first-order chi connectivity index (χ1) is 9.79. The van der Waals surface area contributed by atoms with Crippen LogP contribution in [0.3, 0.4) is 0 Å². The molecule has 0 atom stereocenters. The van der Waals surface area contributed by atoms with Crippen molar-refractivity contribution in [2.45, 2.75) is 39.5 Å². The van der Waals surface area contributed by atoms with Gasteiger partial charge in [0.05, 0.1) is 6.20 Å². The lowest BCUT2D eigenvalue weighted by Gasteiger charge is -2.03.